The lowest BCUT2D eigenvalue weighted by Crippen LogP contribution is -2.55. The summed E-state index contributed by atoms with van der Waals surface area (Å²) in [6.07, 6.45) is 0.870. The van der Waals surface area contributed by atoms with Crippen LogP contribution in [0.15, 0.2) is 97.1 Å². The highest BCUT2D eigenvalue weighted by Gasteiger charge is 2.45. The molecule has 0 fully saturated rings. The molecule has 1 N–H and O–H groups in total. The van der Waals surface area contributed by atoms with Gasteiger partial charge in [-0.25, -0.2) is 4.79 Å². The highest BCUT2D eigenvalue weighted by molar-refractivity contribution is 6.07. The minimum absolute atomic E-state index is 0.0741. The van der Waals surface area contributed by atoms with Crippen LogP contribution in [0.2, 0.25) is 0 Å². The number of nitrogens with one attached hydrogen (secondary N) is 1. The average molecular weight is 586 g/mol. The zero-order valence-corrected chi connectivity index (χ0v) is 24.7. The van der Waals surface area contributed by atoms with Crippen LogP contribution < -0.4 is 10.2 Å². The average Bonchev–Trinajstić information content (AvgIpc) is 3.56. The smallest absolute Gasteiger partial charge is 0.407 e. The van der Waals surface area contributed by atoms with Gasteiger partial charge in [-0.15, -0.1) is 0 Å². The van der Waals surface area contributed by atoms with Gasteiger partial charge in [-0.1, -0.05) is 97.1 Å². The van der Waals surface area contributed by atoms with Gasteiger partial charge in [-0.3, -0.25) is 14.5 Å². The van der Waals surface area contributed by atoms with Crippen molar-refractivity contribution in [3.63, 3.8) is 0 Å². The number of hydrogen-bond donors (Lipinski definition) is 1. The highest BCUT2D eigenvalue weighted by Crippen LogP contribution is 2.44. The number of nitrogens with zero attached hydrogens (tertiary/aromatic N) is 2. The van der Waals surface area contributed by atoms with Gasteiger partial charge in [-0.2, -0.15) is 0 Å². The van der Waals surface area contributed by atoms with Crippen LogP contribution in [0.3, 0.4) is 0 Å². The lowest BCUT2D eigenvalue weighted by atomic mass is 9.98. The molecule has 3 aliphatic rings. The van der Waals surface area contributed by atoms with Crippen LogP contribution in [-0.2, 0) is 33.7 Å². The van der Waals surface area contributed by atoms with Gasteiger partial charge in [0.05, 0.1) is 5.69 Å². The molecule has 0 bridgehead atoms. The number of hydrogen-bond acceptors (Lipinski definition) is 4. The number of rotatable bonds is 7. The Labute approximate surface area is 257 Å². The molecule has 0 aromatic heterocycles. The van der Waals surface area contributed by atoms with Crippen molar-refractivity contribution in [2.45, 2.75) is 50.7 Å². The fraction of sp³-hybridized carbons (Fsp3) is 0.270. The van der Waals surface area contributed by atoms with E-state index in [-0.39, 0.29) is 24.3 Å². The van der Waals surface area contributed by atoms with Gasteiger partial charge in [0.1, 0.15) is 18.7 Å². The summed E-state index contributed by atoms with van der Waals surface area (Å²) in [5, 5.41) is 2.87. The molecule has 7 heteroatoms. The standard InChI is InChI=1S/C37H35N3O4/c1-2-39(22-24-11-4-3-5-12-24)36(42)33-21-26-14-10-13-25-19-20-32(35(41)40(33)34(25)26)38-37(43)44-23-31-29-17-8-6-15-27(29)28-16-7-9-18-30(28)31/h3-18,31-33H,2,19-23H2,1H3,(H,38,43)/t32-,33-/m0/s1. The highest BCUT2D eigenvalue weighted by atomic mass is 16.5. The molecule has 44 heavy (non-hydrogen) atoms. The molecule has 4 aromatic carbocycles. The predicted octanol–water partition coefficient (Wildman–Crippen LogP) is 5.85. The Kier molecular flexibility index (Phi) is 7.38. The fourth-order valence-corrected chi connectivity index (χ4v) is 7.10. The molecule has 0 radical (unpaired) electrons. The molecule has 7 rings (SSSR count). The van der Waals surface area contributed by atoms with Gasteiger partial charge in [0.25, 0.3) is 0 Å². The molecule has 2 aliphatic heterocycles. The molecule has 222 valence electrons. The van der Waals surface area contributed by atoms with Crippen molar-refractivity contribution in [1.29, 1.82) is 0 Å². The Balaban J connectivity index is 1.09. The minimum atomic E-state index is -0.802. The van der Waals surface area contributed by atoms with Gasteiger partial charge >= 0.3 is 6.09 Å². The second kappa shape index (κ2) is 11.6. The van der Waals surface area contributed by atoms with E-state index in [1.165, 1.54) is 0 Å². The van der Waals surface area contributed by atoms with Crippen molar-refractivity contribution >= 4 is 23.6 Å². The van der Waals surface area contributed by atoms with E-state index >= 15 is 0 Å². The summed E-state index contributed by atoms with van der Waals surface area (Å²) in [5.74, 6) is -0.431. The van der Waals surface area contributed by atoms with Gasteiger partial charge in [0.15, 0.2) is 0 Å². The van der Waals surface area contributed by atoms with Crippen molar-refractivity contribution in [3.05, 3.63) is 125 Å². The Morgan fingerprint density at radius 2 is 1.52 bits per heavy atom. The lowest BCUT2D eigenvalue weighted by molar-refractivity contribution is -0.135. The van der Waals surface area contributed by atoms with Crippen molar-refractivity contribution in [2.24, 2.45) is 0 Å². The van der Waals surface area contributed by atoms with E-state index in [0.29, 0.717) is 32.4 Å². The first-order valence-electron chi connectivity index (χ1n) is 15.4. The van der Waals surface area contributed by atoms with E-state index in [0.717, 1.165) is 44.6 Å². The number of likely N-dealkylation sites (N-methyl/N-ethyl adjacent to an activating group) is 1. The predicted molar refractivity (Wildman–Crippen MR) is 169 cm³/mol. The molecular formula is C37H35N3O4. The summed E-state index contributed by atoms with van der Waals surface area (Å²) in [6.45, 7) is 3.12. The first-order valence-corrected chi connectivity index (χ1v) is 15.4. The number of carbonyl (C=O) groups is 3. The SMILES string of the molecule is CCN(Cc1ccccc1)C(=O)[C@@H]1Cc2cccc3c2N1C(=O)[C@@H](NC(=O)OCC1c2ccccc2-c2ccccc21)CC3. The Morgan fingerprint density at radius 3 is 2.23 bits per heavy atom. The minimum Gasteiger partial charge on any atom is -0.449 e. The van der Waals surface area contributed by atoms with Crippen LogP contribution in [0.25, 0.3) is 11.1 Å². The van der Waals surface area contributed by atoms with Crippen LogP contribution in [0.5, 0.6) is 0 Å². The second-order valence-electron chi connectivity index (χ2n) is 11.8. The van der Waals surface area contributed by atoms with Gasteiger partial charge in [-0.05, 0) is 58.7 Å². The number of fused-ring (bicyclic) bond motifs is 3. The van der Waals surface area contributed by atoms with E-state index in [9.17, 15) is 14.4 Å². The van der Waals surface area contributed by atoms with Crippen molar-refractivity contribution in [2.75, 3.05) is 18.1 Å². The summed E-state index contributed by atoms with van der Waals surface area (Å²) in [5.41, 5.74) is 8.44. The Hall–Kier alpha value is -4.91. The number of aryl methyl sites for hydroxylation is 1. The number of amides is 3. The summed E-state index contributed by atoms with van der Waals surface area (Å²) in [4.78, 5) is 44.9. The summed E-state index contributed by atoms with van der Waals surface area (Å²) >= 11 is 0. The zero-order chi connectivity index (χ0) is 30.2. The van der Waals surface area contributed by atoms with Crippen LogP contribution in [0.4, 0.5) is 10.5 Å². The summed E-state index contributed by atoms with van der Waals surface area (Å²) < 4.78 is 5.79. The molecule has 0 spiro atoms. The number of carbonyl (C=O) groups excluding carboxylic acids is 3. The third kappa shape index (κ3) is 4.92. The number of benzene rings is 4. The van der Waals surface area contributed by atoms with Crippen LogP contribution in [0.1, 0.15) is 47.1 Å². The molecule has 3 amide bonds. The third-order valence-electron chi connectivity index (χ3n) is 9.24. The monoisotopic (exact) mass is 585 g/mol. The van der Waals surface area contributed by atoms with Crippen molar-refractivity contribution in [1.82, 2.24) is 10.2 Å². The van der Waals surface area contributed by atoms with Crippen LogP contribution in [-0.4, -0.2) is 48.0 Å². The van der Waals surface area contributed by atoms with Gasteiger partial charge < -0.3 is 15.0 Å². The van der Waals surface area contributed by atoms with E-state index in [1.54, 1.807) is 9.80 Å². The van der Waals surface area contributed by atoms with Crippen molar-refractivity contribution < 1.29 is 19.1 Å². The topological polar surface area (TPSA) is 79.0 Å². The Bertz CT molecular complexity index is 1690. The number of anilines is 1. The van der Waals surface area contributed by atoms with Gasteiger partial charge in [0.2, 0.25) is 11.8 Å². The third-order valence-corrected chi connectivity index (χ3v) is 9.24. The molecular weight excluding hydrogens is 550 g/mol. The summed E-state index contributed by atoms with van der Waals surface area (Å²) in [6, 6.07) is 30.8. The molecule has 0 saturated heterocycles. The maximum Gasteiger partial charge on any atom is 0.407 e. The normalized spacial score (nSPS) is 18.2. The molecule has 4 aromatic rings. The lowest BCUT2D eigenvalue weighted by Gasteiger charge is -2.31. The number of ether oxygens (including phenoxy) is 1. The summed E-state index contributed by atoms with van der Waals surface area (Å²) in [7, 11) is 0. The number of alkyl carbamates (subject to hydrolysis) is 1. The van der Waals surface area contributed by atoms with E-state index < -0.39 is 18.2 Å². The first-order chi connectivity index (χ1) is 21.5. The Morgan fingerprint density at radius 1 is 0.864 bits per heavy atom. The number of para-hydroxylation sites is 1. The molecule has 0 saturated carbocycles. The van der Waals surface area contributed by atoms with Crippen LogP contribution in [0, 0.1) is 0 Å². The molecule has 0 unspecified atom stereocenters. The molecule has 1 aliphatic carbocycles. The first kappa shape index (κ1) is 27.9. The molecule has 7 nitrogen and oxygen atoms in total. The van der Waals surface area contributed by atoms with E-state index in [4.69, 9.17) is 4.74 Å². The molecule has 2 heterocycles. The van der Waals surface area contributed by atoms with E-state index in [1.807, 2.05) is 79.7 Å². The largest absolute Gasteiger partial charge is 0.449 e. The van der Waals surface area contributed by atoms with Gasteiger partial charge in [0, 0.05) is 25.4 Å². The van der Waals surface area contributed by atoms with Crippen LogP contribution >= 0.6 is 0 Å². The molecule has 2 atom stereocenters. The maximum atomic E-state index is 14.2. The fourth-order valence-electron chi connectivity index (χ4n) is 7.10. The quantitative estimate of drug-likeness (QED) is 0.295. The zero-order valence-electron chi connectivity index (χ0n) is 24.7. The van der Waals surface area contributed by atoms with Crippen molar-refractivity contribution in [3.8, 4) is 11.1 Å². The second-order valence-corrected chi connectivity index (χ2v) is 11.8. The maximum absolute atomic E-state index is 14.2. The van der Waals surface area contributed by atoms with E-state index in [2.05, 4.69) is 29.6 Å².